The van der Waals surface area contributed by atoms with Gasteiger partial charge in [-0.2, -0.15) is 0 Å². The number of hydrogen-bond acceptors (Lipinski definition) is 6. The zero-order valence-corrected chi connectivity index (χ0v) is 16.4. The van der Waals surface area contributed by atoms with Crippen molar-refractivity contribution in [3.8, 4) is 0 Å². The molecule has 9 heteroatoms. The van der Waals surface area contributed by atoms with Crippen LogP contribution >= 0.6 is 11.8 Å². The van der Waals surface area contributed by atoms with E-state index in [4.69, 9.17) is 0 Å². The van der Waals surface area contributed by atoms with Crippen LogP contribution in [0.3, 0.4) is 0 Å². The number of rotatable bonds is 3. The smallest absolute Gasteiger partial charge is 0.240 e. The van der Waals surface area contributed by atoms with Crippen molar-refractivity contribution >= 4 is 38.6 Å². The van der Waals surface area contributed by atoms with Gasteiger partial charge in [-0.1, -0.05) is 17.8 Å². The van der Waals surface area contributed by atoms with Crippen molar-refractivity contribution in [3.05, 3.63) is 29.3 Å². The van der Waals surface area contributed by atoms with Crippen molar-refractivity contribution in [1.29, 1.82) is 0 Å². The summed E-state index contributed by atoms with van der Waals surface area (Å²) in [4.78, 5) is 22.2. The predicted molar refractivity (Wildman–Crippen MR) is 97.7 cm³/mol. The Balaban J connectivity index is 2.34. The number of sulfone groups is 1. The second kappa shape index (κ2) is 6.80. The van der Waals surface area contributed by atoms with Crippen LogP contribution in [-0.4, -0.2) is 41.0 Å². The van der Waals surface area contributed by atoms with Crippen LogP contribution in [0.2, 0.25) is 0 Å². The number of amides is 2. The third kappa shape index (κ3) is 4.21. The summed E-state index contributed by atoms with van der Waals surface area (Å²) < 4.78 is 25.7. The molecule has 0 fully saturated rings. The van der Waals surface area contributed by atoms with Crippen molar-refractivity contribution in [2.75, 3.05) is 5.75 Å². The van der Waals surface area contributed by atoms with Crippen LogP contribution in [0.15, 0.2) is 28.2 Å². The van der Waals surface area contributed by atoms with Gasteiger partial charge in [0.1, 0.15) is 4.87 Å². The number of carbonyl (C=O) groups is 2. The topological polar surface area (TPSA) is 95.9 Å². The Morgan fingerprint density at radius 1 is 1.24 bits per heavy atom. The van der Waals surface area contributed by atoms with E-state index in [9.17, 15) is 18.0 Å². The van der Waals surface area contributed by atoms with Crippen LogP contribution in [0.25, 0.3) is 0 Å². The Labute approximate surface area is 151 Å². The maximum absolute atomic E-state index is 12.9. The fourth-order valence-electron chi connectivity index (χ4n) is 2.51. The largest absolute Gasteiger partial charge is 0.304 e. The molecule has 0 unspecified atom stereocenters. The van der Waals surface area contributed by atoms with Crippen molar-refractivity contribution in [2.45, 2.75) is 44.4 Å². The predicted octanol–water partition coefficient (Wildman–Crippen LogP) is 1.80. The number of nitrogens with one attached hydrogen (secondary N) is 1. The van der Waals surface area contributed by atoms with E-state index in [0.29, 0.717) is 0 Å². The molecule has 0 spiro atoms. The molecule has 0 aliphatic carbocycles. The first-order chi connectivity index (χ1) is 11.4. The van der Waals surface area contributed by atoms with Gasteiger partial charge in [-0.25, -0.2) is 13.4 Å². The zero-order valence-electron chi connectivity index (χ0n) is 14.8. The Morgan fingerprint density at radius 2 is 1.88 bits per heavy atom. The first kappa shape index (κ1) is 19.5. The molecule has 0 aromatic heterocycles. The number of thioether (sulfide) groups is 1. The fourth-order valence-corrected chi connectivity index (χ4v) is 5.82. The average Bonchev–Trinajstić information content (AvgIpc) is 2.76. The Kier molecular flexibility index (Phi) is 5.29. The number of hydrogen-bond donors (Lipinski definition) is 1. The summed E-state index contributed by atoms with van der Waals surface area (Å²) in [5, 5.41) is 7.89. The summed E-state index contributed by atoms with van der Waals surface area (Å²) >= 11 is 1.05. The summed E-state index contributed by atoms with van der Waals surface area (Å²) in [6.07, 6.45) is 0. The molecule has 136 valence electrons. The molecule has 1 atom stereocenters. The van der Waals surface area contributed by atoms with Crippen LogP contribution in [0, 0.1) is 13.8 Å². The Hall–Kier alpha value is -1.87. The van der Waals surface area contributed by atoms with Crippen LogP contribution in [-0.2, 0) is 19.4 Å². The molecule has 0 saturated carbocycles. The number of hydrazone groups is 1. The molecule has 1 heterocycles. The van der Waals surface area contributed by atoms with E-state index in [-0.39, 0.29) is 21.7 Å². The first-order valence-corrected chi connectivity index (χ1v) is 10.1. The van der Waals surface area contributed by atoms with Crippen LogP contribution < -0.4 is 5.32 Å². The molecule has 7 nitrogen and oxygen atoms in total. The quantitative estimate of drug-likeness (QED) is 0.858. The number of nitrogens with zero attached hydrogens (tertiary/aromatic N) is 2. The summed E-state index contributed by atoms with van der Waals surface area (Å²) in [5.74, 6) is -1.05. The number of aryl methyl sites for hydroxylation is 2. The molecule has 1 aliphatic heterocycles. The van der Waals surface area contributed by atoms with Crippen LogP contribution in [0.4, 0.5) is 0 Å². The van der Waals surface area contributed by atoms with E-state index in [1.54, 1.807) is 25.1 Å². The summed E-state index contributed by atoms with van der Waals surface area (Å²) in [6, 6.07) is 4.95. The highest BCUT2D eigenvalue weighted by atomic mass is 32.2. The summed E-state index contributed by atoms with van der Waals surface area (Å²) in [7, 11) is -3.66. The van der Waals surface area contributed by atoms with Gasteiger partial charge in [0.25, 0.3) is 0 Å². The van der Waals surface area contributed by atoms with Gasteiger partial charge in [0.15, 0.2) is 15.0 Å². The van der Waals surface area contributed by atoms with Gasteiger partial charge in [0.05, 0.1) is 10.6 Å². The third-order valence-corrected chi connectivity index (χ3v) is 7.06. The normalized spacial score (nSPS) is 20.4. The Morgan fingerprint density at radius 3 is 2.40 bits per heavy atom. The lowest BCUT2D eigenvalue weighted by atomic mass is 10.1. The van der Waals surface area contributed by atoms with Crippen molar-refractivity contribution in [1.82, 2.24) is 10.3 Å². The van der Waals surface area contributed by atoms with Gasteiger partial charge in [-0.05, 0) is 44.0 Å². The van der Waals surface area contributed by atoms with Crippen LogP contribution in [0.5, 0.6) is 0 Å². The van der Waals surface area contributed by atoms with E-state index in [2.05, 4.69) is 10.4 Å². The fraction of sp³-hybridized carbons (Fsp3) is 0.438. The molecular formula is C16H21N3O4S2. The van der Waals surface area contributed by atoms with E-state index in [1.807, 2.05) is 13.8 Å². The minimum absolute atomic E-state index is 0.203. The third-order valence-electron chi connectivity index (χ3n) is 3.83. The SMILES string of the molecule is CC(=O)NC1=NN(C(C)=O)[C@@](C)(CS(=O)(=O)c2ccc(C)c(C)c2)S1. The van der Waals surface area contributed by atoms with Gasteiger partial charge in [-0.15, -0.1) is 5.10 Å². The van der Waals surface area contributed by atoms with E-state index in [1.165, 1.54) is 13.8 Å². The van der Waals surface area contributed by atoms with E-state index < -0.39 is 20.6 Å². The number of benzene rings is 1. The lowest BCUT2D eigenvalue weighted by Gasteiger charge is -2.30. The molecule has 1 aliphatic rings. The van der Waals surface area contributed by atoms with Gasteiger partial charge in [0.2, 0.25) is 11.8 Å². The maximum Gasteiger partial charge on any atom is 0.240 e. The summed E-state index contributed by atoms with van der Waals surface area (Å²) in [5.41, 5.74) is 1.88. The lowest BCUT2D eigenvalue weighted by molar-refractivity contribution is -0.131. The molecule has 2 rings (SSSR count). The molecule has 1 aromatic carbocycles. The molecule has 2 amide bonds. The molecule has 25 heavy (non-hydrogen) atoms. The molecular weight excluding hydrogens is 362 g/mol. The zero-order chi connectivity index (χ0) is 19.0. The highest BCUT2D eigenvalue weighted by molar-refractivity contribution is 8.15. The molecule has 1 aromatic rings. The average molecular weight is 383 g/mol. The highest BCUT2D eigenvalue weighted by Crippen LogP contribution is 2.38. The van der Waals surface area contributed by atoms with Crippen molar-refractivity contribution in [3.63, 3.8) is 0 Å². The van der Waals surface area contributed by atoms with Gasteiger partial charge < -0.3 is 5.32 Å². The maximum atomic E-state index is 12.9. The number of carbonyl (C=O) groups excluding carboxylic acids is 2. The second-order valence-corrected chi connectivity index (χ2v) is 9.66. The van der Waals surface area contributed by atoms with Crippen molar-refractivity contribution in [2.24, 2.45) is 5.10 Å². The molecule has 0 saturated heterocycles. The minimum atomic E-state index is -3.66. The Bertz CT molecular complexity index is 864. The molecule has 0 bridgehead atoms. The molecule has 1 N–H and O–H groups in total. The second-order valence-electron chi connectivity index (χ2n) is 6.20. The van der Waals surface area contributed by atoms with Crippen molar-refractivity contribution < 1.29 is 18.0 Å². The monoisotopic (exact) mass is 383 g/mol. The van der Waals surface area contributed by atoms with Gasteiger partial charge in [0, 0.05) is 13.8 Å². The highest BCUT2D eigenvalue weighted by Gasteiger charge is 2.46. The number of amidine groups is 1. The van der Waals surface area contributed by atoms with Gasteiger partial charge >= 0.3 is 0 Å². The van der Waals surface area contributed by atoms with Gasteiger partial charge in [-0.3, -0.25) is 9.59 Å². The van der Waals surface area contributed by atoms with E-state index in [0.717, 1.165) is 27.9 Å². The lowest BCUT2D eigenvalue weighted by Crippen LogP contribution is -2.45. The standard InChI is InChI=1S/C16H21N3O4S2/c1-10-6-7-14(8-11(10)2)25(22,23)9-16(5)19(13(4)21)18-15(24-16)17-12(3)20/h6-8H,9H2,1-5H3,(H,17,18,20)/t16-/m1/s1. The van der Waals surface area contributed by atoms with Crippen LogP contribution in [0.1, 0.15) is 31.9 Å². The minimum Gasteiger partial charge on any atom is -0.304 e. The summed E-state index contributed by atoms with van der Waals surface area (Å²) in [6.45, 7) is 8.01. The molecule has 0 radical (unpaired) electrons. The van der Waals surface area contributed by atoms with E-state index >= 15 is 0 Å². The first-order valence-electron chi connectivity index (χ1n) is 7.61.